The summed E-state index contributed by atoms with van der Waals surface area (Å²) < 4.78 is 28.3. The molecule has 1 amide bonds. The standard InChI is InChI=1S/C11H8ClF2N3O2S/c12-10-17-16-9(20-10)8(18)15-5-6-1-3-7(4-2-6)19-11(13)14/h1-4,11H,5H2,(H,15,18). The summed E-state index contributed by atoms with van der Waals surface area (Å²) in [5, 5.41) is 9.88. The molecule has 0 aliphatic rings. The molecule has 2 aromatic rings. The number of nitrogens with zero attached hydrogens (tertiary/aromatic N) is 2. The third-order valence-electron chi connectivity index (χ3n) is 2.20. The first-order chi connectivity index (χ1) is 9.54. The highest BCUT2D eigenvalue weighted by atomic mass is 35.5. The molecule has 0 unspecified atom stereocenters. The minimum Gasteiger partial charge on any atom is -0.435 e. The molecule has 0 aliphatic heterocycles. The quantitative estimate of drug-likeness (QED) is 0.920. The predicted molar refractivity (Wildman–Crippen MR) is 69.2 cm³/mol. The van der Waals surface area contributed by atoms with E-state index in [4.69, 9.17) is 11.6 Å². The minimum atomic E-state index is -2.86. The Labute approximate surface area is 121 Å². The van der Waals surface area contributed by atoms with Crippen molar-refractivity contribution >= 4 is 28.8 Å². The molecular formula is C11H8ClF2N3O2S. The summed E-state index contributed by atoms with van der Waals surface area (Å²) in [4.78, 5) is 11.7. The molecule has 2 rings (SSSR count). The highest BCUT2D eigenvalue weighted by Crippen LogP contribution is 2.16. The number of rotatable bonds is 5. The normalized spacial score (nSPS) is 10.6. The van der Waals surface area contributed by atoms with Crippen molar-refractivity contribution in [2.75, 3.05) is 0 Å². The first kappa shape index (κ1) is 14.6. The van der Waals surface area contributed by atoms with Crippen LogP contribution < -0.4 is 10.1 Å². The molecule has 0 atom stereocenters. The van der Waals surface area contributed by atoms with Crippen LogP contribution in [0, 0.1) is 0 Å². The van der Waals surface area contributed by atoms with Crippen molar-refractivity contribution in [3.05, 3.63) is 39.3 Å². The van der Waals surface area contributed by atoms with Crippen molar-refractivity contribution in [3.8, 4) is 5.75 Å². The Kier molecular flexibility index (Phi) is 4.80. The Bertz CT molecular complexity index is 592. The molecule has 9 heteroatoms. The number of aromatic nitrogens is 2. The highest BCUT2D eigenvalue weighted by Gasteiger charge is 2.11. The van der Waals surface area contributed by atoms with Gasteiger partial charge in [0.05, 0.1) is 0 Å². The lowest BCUT2D eigenvalue weighted by Gasteiger charge is -2.06. The number of carbonyl (C=O) groups is 1. The van der Waals surface area contributed by atoms with E-state index in [1.807, 2.05) is 0 Å². The lowest BCUT2D eigenvalue weighted by molar-refractivity contribution is -0.0498. The van der Waals surface area contributed by atoms with Gasteiger partial charge in [0.15, 0.2) is 0 Å². The predicted octanol–water partition coefficient (Wildman–Crippen LogP) is 2.72. The highest BCUT2D eigenvalue weighted by molar-refractivity contribution is 7.17. The Balaban J connectivity index is 1.89. The van der Waals surface area contributed by atoms with Gasteiger partial charge in [-0.05, 0) is 29.3 Å². The van der Waals surface area contributed by atoms with Crippen molar-refractivity contribution in [1.29, 1.82) is 0 Å². The number of alkyl halides is 2. The van der Waals surface area contributed by atoms with Crippen LogP contribution in [0.1, 0.15) is 15.4 Å². The maximum Gasteiger partial charge on any atom is 0.387 e. The van der Waals surface area contributed by atoms with Gasteiger partial charge < -0.3 is 10.1 Å². The van der Waals surface area contributed by atoms with Crippen molar-refractivity contribution in [2.45, 2.75) is 13.2 Å². The van der Waals surface area contributed by atoms with Gasteiger partial charge in [-0.15, -0.1) is 10.2 Å². The summed E-state index contributed by atoms with van der Waals surface area (Å²) in [5.74, 6) is -0.340. The van der Waals surface area contributed by atoms with Crippen LogP contribution in [0.25, 0.3) is 0 Å². The zero-order valence-electron chi connectivity index (χ0n) is 9.85. The molecule has 0 radical (unpaired) electrons. The van der Waals surface area contributed by atoms with E-state index in [9.17, 15) is 13.6 Å². The second-order valence-corrected chi connectivity index (χ2v) is 5.12. The minimum absolute atomic E-state index is 0.0611. The van der Waals surface area contributed by atoms with E-state index < -0.39 is 12.5 Å². The van der Waals surface area contributed by atoms with E-state index in [2.05, 4.69) is 20.3 Å². The Hall–Kier alpha value is -1.80. The summed E-state index contributed by atoms with van der Waals surface area (Å²) in [7, 11) is 0. The fourth-order valence-electron chi connectivity index (χ4n) is 1.34. The van der Waals surface area contributed by atoms with Gasteiger partial charge >= 0.3 is 6.61 Å². The lowest BCUT2D eigenvalue weighted by Crippen LogP contribution is -2.22. The van der Waals surface area contributed by atoms with Crippen molar-refractivity contribution < 1.29 is 18.3 Å². The molecule has 0 aliphatic carbocycles. The van der Waals surface area contributed by atoms with Gasteiger partial charge in [0.25, 0.3) is 5.91 Å². The van der Waals surface area contributed by atoms with Gasteiger partial charge in [0.1, 0.15) is 5.75 Å². The second-order valence-electron chi connectivity index (χ2n) is 3.57. The summed E-state index contributed by atoms with van der Waals surface area (Å²) in [6.07, 6.45) is 0. The summed E-state index contributed by atoms with van der Waals surface area (Å²) in [5.41, 5.74) is 0.732. The van der Waals surface area contributed by atoms with Gasteiger partial charge in [-0.2, -0.15) is 8.78 Å². The fraction of sp³-hybridized carbons (Fsp3) is 0.182. The van der Waals surface area contributed by atoms with Crippen LogP contribution in [0.15, 0.2) is 24.3 Å². The monoisotopic (exact) mass is 319 g/mol. The van der Waals surface area contributed by atoms with Crippen LogP contribution in [0.4, 0.5) is 8.78 Å². The van der Waals surface area contributed by atoms with E-state index in [1.165, 1.54) is 12.1 Å². The number of amides is 1. The van der Waals surface area contributed by atoms with Gasteiger partial charge in [-0.1, -0.05) is 23.5 Å². The Morgan fingerprint density at radius 3 is 2.60 bits per heavy atom. The van der Waals surface area contributed by atoms with Crippen LogP contribution >= 0.6 is 22.9 Å². The SMILES string of the molecule is O=C(NCc1ccc(OC(F)F)cc1)c1nnc(Cl)s1. The molecular weight excluding hydrogens is 312 g/mol. The summed E-state index contributed by atoms with van der Waals surface area (Å²) in [6.45, 7) is -2.63. The molecule has 5 nitrogen and oxygen atoms in total. The average molecular weight is 320 g/mol. The van der Waals surface area contributed by atoms with Crippen LogP contribution in [-0.4, -0.2) is 22.7 Å². The van der Waals surface area contributed by atoms with Gasteiger partial charge in [-0.3, -0.25) is 4.79 Å². The van der Waals surface area contributed by atoms with Crippen molar-refractivity contribution in [3.63, 3.8) is 0 Å². The first-order valence-corrected chi connectivity index (χ1v) is 6.55. The van der Waals surface area contributed by atoms with E-state index in [0.29, 0.717) is 0 Å². The molecule has 106 valence electrons. The number of carbonyl (C=O) groups excluding carboxylic acids is 1. The van der Waals surface area contributed by atoms with Crippen LogP contribution in [0.3, 0.4) is 0 Å². The van der Waals surface area contributed by atoms with E-state index >= 15 is 0 Å². The number of halogens is 3. The van der Waals surface area contributed by atoms with Crippen molar-refractivity contribution in [2.24, 2.45) is 0 Å². The molecule has 1 N–H and O–H groups in total. The first-order valence-electron chi connectivity index (χ1n) is 5.35. The third-order valence-corrected chi connectivity index (χ3v) is 3.21. The molecule has 1 aromatic heterocycles. The number of hydrogen-bond acceptors (Lipinski definition) is 5. The molecule has 1 heterocycles. The second kappa shape index (κ2) is 6.58. The largest absolute Gasteiger partial charge is 0.435 e. The lowest BCUT2D eigenvalue weighted by atomic mass is 10.2. The zero-order chi connectivity index (χ0) is 14.5. The van der Waals surface area contributed by atoms with Gasteiger partial charge in [0, 0.05) is 6.54 Å². The molecule has 0 bridgehead atoms. The Morgan fingerprint density at radius 2 is 2.05 bits per heavy atom. The van der Waals surface area contributed by atoms with Crippen LogP contribution in [-0.2, 0) is 6.54 Å². The molecule has 20 heavy (non-hydrogen) atoms. The van der Waals surface area contributed by atoms with Crippen LogP contribution in [0.5, 0.6) is 5.75 Å². The maximum atomic E-state index is 12.0. The average Bonchev–Trinajstić information content (AvgIpc) is 2.84. The molecule has 0 fully saturated rings. The van der Waals surface area contributed by atoms with Crippen LogP contribution in [0.2, 0.25) is 4.47 Å². The third kappa shape index (κ3) is 4.10. The van der Waals surface area contributed by atoms with E-state index in [-0.39, 0.29) is 21.8 Å². The molecule has 0 saturated heterocycles. The van der Waals surface area contributed by atoms with E-state index in [1.54, 1.807) is 12.1 Å². The molecule has 0 spiro atoms. The number of hydrogen-bond donors (Lipinski definition) is 1. The topological polar surface area (TPSA) is 64.1 Å². The molecule has 1 aromatic carbocycles. The molecule has 0 saturated carbocycles. The van der Waals surface area contributed by atoms with Crippen molar-refractivity contribution in [1.82, 2.24) is 15.5 Å². The Morgan fingerprint density at radius 1 is 1.35 bits per heavy atom. The summed E-state index contributed by atoms with van der Waals surface area (Å²) in [6, 6.07) is 5.95. The van der Waals surface area contributed by atoms with E-state index in [0.717, 1.165) is 16.9 Å². The maximum absolute atomic E-state index is 12.0. The fourth-order valence-corrected chi connectivity index (χ4v) is 2.09. The zero-order valence-corrected chi connectivity index (χ0v) is 11.4. The number of benzene rings is 1. The van der Waals surface area contributed by atoms with Gasteiger partial charge in [-0.25, -0.2) is 0 Å². The van der Waals surface area contributed by atoms with Gasteiger partial charge in [0.2, 0.25) is 9.47 Å². The smallest absolute Gasteiger partial charge is 0.387 e. The summed E-state index contributed by atoms with van der Waals surface area (Å²) >= 11 is 6.54. The number of nitrogens with one attached hydrogen (secondary N) is 1. The number of ether oxygens (including phenoxy) is 1.